The van der Waals surface area contributed by atoms with Gasteiger partial charge in [-0.25, -0.2) is 0 Å². The van der Waals surface area contributed by atoms with Crippen molar-refractivity contribution in [2.24, 2.45) is 17.4 Å². The van der Waals surface area contributed by atoms with Gasteiger partial charge in [0, 0.05) is 13.0 Å². The lowest BCUT2D eigenvalue weighted by molar-refractivity contribution is -0.123. The number of carbonyl (C=O) groups excluding carboxylic acids is 2. The lowest BCUT2D eigenvalue weighted by atomic mass is 10.1. The van der Waals surface area contributed by atoms with Crippen molar-refractivity contribution in [2.45, 2.75) is 32.7 Å². The van der Waals surface area contributed by atoms with E-state index in [1.807, 2.05) is 13.8 Å². The first-order valence-corrected chi connectivity index (χ1v) is 4.76. The predicted molar refractivity (Wildman–Crippen MR) is 54.3 cm³/mol. The second kappa shape index (κ2) is 6.37. The Labute approximate surface area is 84.2 Å². The first kappa shape index (κ1) is 12.9. The Morgan fingerprint density at radius 3 is 2.36 bits per heavy atom. The molecule has 0 aromatic heterocycles. The molecule has 0 aromatic carbocycles. The lowest BCUT2D eigenvalue weighted by Gasteiger charge is -2.14. The highest BCUT2D eigenvalue weighted by Crippen LogP contribution is 1.97. The van der Waals surface area contributed by atoms with E-state index >= 15 is 0 Å². The third kappa shape index (κ3) is 5.53. The first-order chi connectivity index (χ1) is 6.45. The van der Waals surface area contributed by atoms with Crippen LogP contribution in [0.2, 0.25) is 0 Å². The van der Waals surface area contributed by atoms with Gasteiger partial charge in [-0.15, -0.1) is 0 Å². The molecular weight excluding hydrogens is 182 g/mol. The molecule has 0 spiro atoms. The molecule has 0 aliphatic heterocycles. The summed E-state index contributed by atoms with van der Waals surface area (Å²) in [6, 6.07) is -0.483. The highest BCUT2D eigenvalue weighted by Gasteiger charge is 2.15. The van der Waals surface area contributed by atoms with Crippen LogP contribution in [-0.4, -0.2) is 24.4 Å². The molecule has 5 N–H and O–H groups in total. The molecule has 0 saturated heterocycles. The second-order valence-electron chi connectivity index (χ2n) is 3.63. The summed E-state index contributed by atoms with van der Waals surface area (Å²) in [6.45, 7) is 4.21. The Bertz CT molecular complexity index is 204. The Morgan fingerprint density at radius 2 is 1.93 bits per heavy atom. The topological polar surface area (TPSA) is 98.2 Å². The van der Waals surface area contributed by atoms with Crippen molar-refractivity contribution in [3.05, 3.63) is 0 Å². The van der Waals surface area contributed by atoms with Crippen molar-refractivity contribution in [3.63, 3.8) is 0 Å². The van der Waals surface area contributed by atoms with Gasteiger partial charge in [-0.2, -0.15) is 0 Å². The fraction of sp³-hybridized carbons (Fsp3) is 0.778. The largest absolute Gasteiger partial charge is 0.370 e. The summed E-state index contributed by atoms with van der Waals surface area (Å²) in [7, 11) is 0. The van der Waals surface area contributed by atoms with Crippen LogP contribution in [0.1, 0.15) is 26.7 Å². The molecule has 0 rings (SSSR count). The molecule has 0 heterocycles. The molecule has 82 valence electrons. The molecule has 0 saturated carbocycles. The number of primary amides is 1. The molecular formula is C9H19N3O2. The van der Waals surface area contributed by atoms with Crippen LogP contribution >= 0.6 is 0 Å². The van der Waals surface area contributed by atoms with Crippen LogP contribution in [0.25, 0.3) is 0 Å². The average molecular weight is 201 g/mol. The predicted octanol–water partition coefficient (Wildman–Crippen LogP) is -0.649. The summed E-state index contributed by atoms with van der Waals surface area (Å²) in [4.78, 5) is 21.6. The summed E-state index contributed by atoms with van der Waals surface area (Å²) >= 11 is 0. The highest BCUT2D eigenvalue weighted by atomic mass is 16.2. The number of carbonyl (C=O) groups is 2. The molecule has 0 aromatic rings. The number of amides is 2. The van der Waals surface area contributed by atoms with Crippen LogP contribution in [-0.2, 0) is 9.59 Å². The summed E-state index contributed by atoms with van der Waals surface area (Å²) in [5.41, 5.74) is 10.5. The third-order valence-corrected chi connectivity index (χ3v) is 1.92. The fourth-order valence-corrected chi connectivity index (χ4v) is 0.895. The van der Waals surface area contributed by atoms with Crippen molar-refractivity contribution < 1.29 is 9.59 Å². The van der Waals surface area contributed by atoms with Gasteiger partial charge >= 0.3 is 0 Å². The van der Waals surface area contributed by atoms with Gasteiger partial charge in [0.2, 0.25) is 11.8 Å². The molecule has 5 nitrogen and oxygen atoms in total. The minimum absolute atomic E-state index is 0.117. The standard InChI is InChI=1S/C9H19N3O2/c1-6(2)8(11)9(14)12-5-3-4-7(10)13/h6,8H,3-5,11H2,1-2H3,(H2,10,13)(H,12,14)/t8-/m1/s1. The van der Waals surface area contributed by atoms with Crippen LogP contribution < -0.4 is 16.8 Å². The summed E-state index contributed by atoms with van der Waals surface area (Å²) in [5.74, 6) is -0.414. The normalized spacial score (nSPS) is 12.6. The maximum Gasteiger partial charge on any atom is 0.237 e. The zero-order valence-electron chi connectivity index (χ0n) is 8.75. The van der Waals surface area contributed by atoms with Gasteiger partial charge in [-0.1, -0.05) is 13.8 Å². The van der Waals surface area contributed by atoms with Gasteiger partial charge in [-0.3, -0.25) is 9.59 Å². The Hall–Kier alpha value is -1.10. The van der Waals surface area contributed by atoms with Crippen LogP contribution in [0.5, 0.6) is 0 Å². The van der Waals surface area contributed by atoms with E-state index in [9.17, 15) is 9.59 Å². The second-order valence-corrected chi connectivity index (χ2v) is 3.63. The van der Waals surface area contributed by atoms with E-state index in [2.05, 4.69) is 5.32 Å². The Kier molecular flexibility index (Phi) is 5.87. The zero-order valence-corrected chi connectivity index (χ0v) is 8.75. The summed E-state index contributed by atoms with van der Waals surface area (Å²) in [6.07, 6.45) is 0.850. The number of nitrogens with one attached hydrogen (secondary N) is 1. The third-order valence-electron chi connectivity index (χ3n) is 1.92. The number of rotatable bonds is 6. The van der Waals surface area contributed by atoms with Gasteiger partial charge in [0.25, 0.3) is 0 Å². The van der Waals surface area contributed by atoms with Crippen LogP contribution in [0, 0.1) is 5.92 Å². The SMILES string of the molecule is CC(C)[C@@H](N)C(=O)NCCCC(N)=O. The smallest absolute Gasteiger partial charge is 0.237 e. The van der Waals surface area contributed by atoms with Gasteiger partial charge in [-0.05, 0) is 12.3 Å². The minimum Gasteiger partial charge on any atom is -0.370 e. The molecule has 14 heavy (non-hydrogen) atoms. The molecule has 0 fully saturated rings. The maximum absolute atomic E-state index is 11.3. The van der Waals surface area contributed by atoms with E-state index in [0.29, 0.717) is 13.0 Å². The highest BCUT2D eigenvalue weighted by molar-refractivity contribution is 5.81. The zero-order chi connectivity index (χ0) is 11.1. The Balaban J connectivity index is 3.59. The molecule has 0 bridgehead atoms. The van der Waals surface area contributed by atoms with E-state index in [-0.39, 0.29) is 24.2 Å². The van der Waals surface area contributed by atoms with E-state index < -0.39 is 6.04 Å². The van der Waals surface area contributed by atoms with Crippen molar-refractivity contribution in [2.75, 3.05) is 6.54 Å². The minimum atomic E-state index is -0.483. The Morgan fingerprint density at radius 1 is 1.36 bits per heavy atom. The quantitative estimate of drug-likeness (QED) is 0.498. The van der Waals surface area contributed by atoms with E-state index in [1.54, 1.807) is 0 Å². The molecule has 1 atom stereocenters. The van der Waals surface area contributed by atoms with E-state index in [1.165, 1.54) is 0 Å². The maximum atomic E-state index is 11.3. The van der Waals surface area contributed by atoms with Gasteiger partial charge in [0.05, 0.1) is 6.04 Å². The number of hydrogen-bond donors (Lipinski definition) is 3. The molecule has 0 radical (unpaired) electrons. The van der Waals surface area contributed by atoms with Crippen molar-refractivity contribution in [1.29, 1.82) is 0 Å². The van der Waals surface area contributed by atoms with Crippen molar-refractivity contribution in [3.8, 4) is 0 Å². The van der Waals surface area contributed by atoms with Gasteiger partial charge < -0.3 is 16.8 Å². The molecule has 2 amide bonds. The summed E-state index contributed by atoms with van der Waals surface area (Å²) < 4.78 is 0. The number of nitrogens with two attached hydrogens (primary N) is 2. The van der Waals surface area contributed by atoms with Gasteiger partial charge in [0.15, 0.2) is 0 Å². The van der Waals surface area contributed by atoms with Crippen LogP contribution in [0.15, 0.2) is 0 Å². The van der Waals surface area contributed by atoms with Crippen LogP contribution in [0.3, 0.4) is 0 Å². The molecule has 0 aliphatic carbocycles. The van der Waals surface area contributed by atoms with Crippen molar-refractivity contribution in [1.82, 2.24) is 5.32 Å². The molecule has 5 heteroatoms. The van der Waals surface area contributed by atoms with E-state index in [4.69, 9.17) is 11.5 Å². The monoisotopic (exact) mass is 201 g/mol. The van der Waals surface area contributed by atoms with Gasteiger partial charge in [0.1, 0.15) is 0 Å². The summed E-state index contributed by atoms with van der Waals surface area (Å²) in [5, 5.41) is 2.65. The fourth-order valence-electron chi connectivity index (χ4n) is 0.895. The lowest BCUT2D eigenvalue weighted by Crippen LogP contribution is -2.44. The molecule has 0 unspecified atom stereocenters. The van der Waals surface area contributed by atoms with E-state index in [0.717, 1.165) is 0 Å². The first-order valence-electron chi connectivity index (χ1n) is 4.76. The van der Waals surface area contributed by atoms with Crippen molar-refractivity contribution >= 4 is 11.8 Å². The number of hydrogen-bond acceptors (Lipinski definition) is 3. The van der Waals surface area contributed by atoms with Crippen LogP contribution in [0.4, 0.5) is 0 Å². The average Bonchev–Trinajstić information content (AvgIpc) is 2.10. The molecule has 0 aliphatic rings.